The number of aromatic hydroxyl groups is 1. The number of aliphatic hydroxyl groups excluding tert-OH is 1. The second kappa shape index (κ2) is 9.74. The topological polar surface area (TPSA) is 106 Å². The lowest BCUT2D eigenvalue weighted by molar-refractivity contribution is -0.140. The number of Topliss-reactive ketones (excluding diaryl/α,β-unsaturated/α-hetero) is 1. The van der Waals surface area contributed by atoms with Crippen molar-refractivity contribution >= 4 is 17.4 Å². The molecule has 0 spiro atoms. The molecule has 0 radical (unpaired) electrons. The van der Waals surface area contributed by atoms with Gasteiger partial charge in [-0.2, -0.15) is 0 Å². The van der Waals surface area contributed by atoms with E-state index in [-0.39, 0.29) is 36.0 Å². The SMILES string of the molecule is CCOc1cc(C2/C(=C(\O)c3ccc(OC)cc3C)C(=O)C(=O)N2CCOC)ccc1O. The van der Waals surface area contributed by atoms with Crippen LogP contribution in [0, 0.1) is 6.92 Å². The van der Waals surface area contributed by atoms with Crippen molar-refractivity contribution in [2.45, 2.75) is 19.9 Å². The maximum atomic E-state index is 13.0. The van der Waals surface area contributed by atoms with Crippen LogP contribution in [0.1, 0.15) is 29.7 Å². The third kappa shape index (κ3) is 4.27. The molecule has 0 aliphatic carbocycles. The third-order valence-corrected chi connectivity index (χ3v) is 5.36. The highest BCUT2D eigenvalue weighted by atomic mass is 16.5. The molecule has 0 bridgehead atoms. The first-order valence-electron chi connectivity index (χ1n) is 10.2. The predicted octanol–water partition coefficient (Wildman–Crippen LogP) is 3.18. The Labute approximate surface area is 186 Å². The molecule has 1 unspecified atom stereocenters. The minimum atomic E-state index is -0.869. The number of phenolic OH excluding ortho intramolecular Hbond substituents is 1. The Balaban J connectivity index is 2.20. The number of hydrogen-bond acceptors (Lipinski definition) is 7. The van der Waals surface area contributed by atoms with E-state index in [9.17, 15) is 19.8 Å². The molecule has 1 fully saturated rings. The van der Waals surface area contributed by atoms with Gasteiger partial charge in [-0.15, -0.1) is 0 Å². The van der Waals surface area contributed by atoms with Gasteiger partial charge in [0.1, 0.15) is 11.5 Å². The fourth-order valence-corrected chi connectivity index (χ4v) is 3.79. The van der Waals surface area contributed by atoms with Gasteiger partial charge >= 0.3 is 0 Å². The molecular weight excluding hydrogens is 414 g/mol. The number of ketones is 1. The van der Waals surface area contributed by atoms with Crippen LogP contribution in [0.2, 0.25) is 0 Å². The van der Waals surface area contributed by atoms with E-state index in [1.807, 2.05) is 0 Å². The number of likely N-dealkylation sites (tertiary alicyclic amines) is 1. The summed E-state index contributed by atoms with van der Waals surface area (Å²) in [6, 6.07) is 8.79. The number of ether oxygens (including phenoxy) is 3. The maximum absolute atomic E-state index is 13.0. The highest BCUT2D eigenvalue weighted by Crippen LogP contribution is 2.42. The zero-order valence-corrected chi connectivity index (χ0v) is 18.5. The molecule has 1 saturated heterocycles. The summed E-state index contributed by atoms with van der Waals surface area (Å²) in [5, 5.41) is 21.3. The van der Waals surface area contributed by atoms with Gasteiger partial charge in [-0.3, -0.25) is 9.59 Å². The normalized spacial score (nSPS) is 17.6. The van der Waals surface area contributed by atoms with Crippen molar-refractivity contribution in [2.75, 3.05) is 34.0 Å². The van der Waals surface area contributed by atoms with Crippen LogP contribution in [0.25, 0.3) is 5.76 Å². The third-order valence-electron chi connectivity index (χ3n) is 5.36. The number of hydrogen-bond donors (Lipinski definition) is 2. The average Bonchev–Trinajstić information content (AvgIpc) is 3.03. The molecule has 2 aromatic carbocycles. The number of aliphatic hydroxyl groups is 1. The zero-order chi connectivity index (χ0) is 23.4. The van der Waals surface area contributed by atoms with Gasteiger partial charge in [0.25, 0.3) is 11.7 Å². The standard InChI is InChI=1S/C24H27NO7/c1-5-32-19-13-15(6-9-18(19)26)21-20(23(28)24(29)25(21)10-11-30-3)22(27)17-8-7-16(31-4)12-14(17)2/h6-9,12-13,21,26-27H,5,10-11H2,1-4H3/b22-20+. The van der Waals surface area contributed by atoms with Gasteiger partial charge in [-0.1, -0.05) is 6.07 Å². The smallest absolute Gasteiger partial charge is 0.295 e. The van der Waals surface area contributed by atoms with Crippen LogP contribution in [0.3, 0.4) is 0 Å². The van der Waals surface area contributed by atoms with Gasteiger partial charge in [0.2, 0.25) is 0 Å². The van der Waals surface area contributed by atoms with E-state index in [0.29, 0.717) is 29.0 Å². The van der Waals surface area contributed by atoms with Crippen molar-refractivity contribution in [3.8, 4) is 17.2 Å². The highest BCUT2D eigenvalue weighted by Gasteiger charge is 2.46. The Morgan fingerprint density at radius 1 is 1.12 bits per heavy atom. The molecule has 2 N–H and O–H groups in total. The van der Waals surface area contributed by atoms with E-state index in [1.54, 1.807) is 44.2 Å². The number of methoxy groups -OCH3 is 2. The summed E-state index contributed by atoms with van der Waals surface area (Å²) in [6.07, 6.45) is 0. The lowest BCUT2D eigenvalue weighted by Gasteiger charge is -2.25. The Morgan fingerprint density at radius 3 is 2.50 bits per heavy atom. The van der Waals surface area contributed by atoms with Gasteiger partial charge < -0.3 is 29.3 Å². The number of carbonyl (C=O) groups is 2. The minimum Gasteiger partial charge on any atom is -0.507 e. The summed E-state index contributed by atoms with van der Waals surface area (Å²) in [5.74, 6) is -1.02. The van der Waals surface area contributed by atoms with Crippen LogP contribution in [0.15, 0.2) is 42.0 Å². The number of aryl methyl sites for hydroxylation is 1. The largest absolute Gasteiger partial charge is 0.507 e. The lowest BCUT2D eigenvalue weighted by Crippen LogP contribution is -2.32. The number of phenols is 1. The molecule has 2 aromatic rings. The second-order valence-corrected chi connectivity index (χ2v) is 7.33. The van der Waals surface area contributed by atoms with Crippen molar-refractivity contribution in [1.82, 2.24) is 4.90 Å². The van der Waals surface area contributed by atoms with Crippen molar-refractivity contribution in [2.24, 2.45) is 0 Å². The predicted molar refractivity (Wildman–Crippen MR) is 118 cm³/mol. The molecule has 1 atom stereocenters. The maximum Gasteiger partial charge on any atom is 0.295 e. The van der Waals surface area contributed by atoms with E-state index in [4.69, 9.17) is 14.2 Å². The van der Waals surface area contributed by atoms with Crippen LogP contribution in [0.4, 0.5) is 0 Å². The van der Waals surface area contributed by atoms with Crippen LogP contribution in [0.5, 0.6) is 17.2 Å². The highest BCUT2D eigenvalue weighted by molar-refractivity contribution is 6.46. The summed E-state index contributed by atoms with van der Waals surface area (Å²) in [6.45, 7) is 4.24. The van der Waals surface area contributed by atoms with Gasteiger partial charge in [-0.25, -0.2) is 0 Å². The van der Waals surface area contributed by atoms with Crippen molar-refractivity contribution < 1.29 is 34.0 Å². The number of benzene rings is 2. The summed E-state index contributed by atoms with van der Waals surface area (Å²) in [7, 11) is 3.04. The second-order valence-electron chi connectivity index (χ2n) is 7.33. The van der Waals surface area contributed by atoms with E-state index in [0.717, 1.165) is 0 Å². The lowest BCUT2D eigenvalue weighted by atomic mass is 9.93. The first kappa shape index (κ1) is 23.1. The van der Waals surface area contributed by atoms with E-state index < -0.39 is 17.7 Å². The fraction of sp³-hybridized carbons (Fsp3) is 0.333. The van der Waals surface area contributed by atoms with Gasteiger partial charge in [-0.05, 0) is 55.3 Å². The summed E-state index contributed by atoms with van der Waals surface area (Å²) in [4.78, 5) is 27.3. The van der Waals surface area contributed by atoms with Crippen LogP contribution >= 0.6 is 0 Å². The van der Waals surface area contributed by atoms with Crippen LogP contribution in [-0.2, 0) is 14.3 Å². The molecule has 0 aromatic heterocycles. The Morgan fingerprint density at radius 2 is 1.88 bits per heavy atom. The van der Waals surface area contributed by atoms with Gasteiger partial charge in [0.05, 0.1) is 31.9 Å². The van der Waals surface area contributed by atoms with E-state index >= 15 is 0 Å². The fourth-order valence-electron chi connectivity index (χ4n) is 3.79. The molecule has 1 amide bonds. The molecule has 1 aliphatic rings. The Bertz CT molecular complexity index is 1060. The molecule has 3 rings (SSSR count). The average molecular weight is 441 g/mol. The molecule has 8 nitrogen and oxygen atoms in total. The molecule has 8 heteroatoms. The van der Waals surface area contributed by atoms with Crippen LogP contribution in [-0.4, -0.2) is 60.8 Å². The number of rotatable bonds is 8. The molecule has 170 valence electrons. The monoisotopic (exact) mass is 441 g/mol. The van der Waals surface area contributed by atoms with Crippen molar-refractivity contribution in [3.63, 3.8) is 0 Å². The molecular formula is C24H27NO7. The Kier molecular flexibility index (Phi) is 7.05. The quantitative estimate of drug-likeness (QED) is 0.368. The first-order chi connectivity index (χ1) is 15.3. The number of amides is 1. The molecule has 0 saturated carbocycles. The summed E-state index contributed by atoms with van der Waals surface area (Å²) in [5.41, 5.74) is 1.59. The molecule has 1 aliphatic heterocycles. The molecule has 1 heterocycles. The van der Waals surface area contributed by atoms with Crippen LogP contribution < -0.4 is 9.47 Å². The van der Waals surface area contributed by atoms with E-state index in [1.165, 1.54) is 25.2 Å². The summed E-state index contributed by atoms with van der Waals surface area (Å²) >= 11 is 0. The van der Waals surface area contributed by atoms with Gasteiger partial charge in [0.15, 0.2) is 11.5 Å². The van der Waals surface area contributed by atoms with E-state index in [2.05, 4.69) is 0 Å². The Hall–Kier alpha value is -3.52. The van der Waals surface area contributed by atoms with Crippen molar-refractivity contribution in [3.05, 3.63) is 58.7 Å². The first-order valence-corrected chi connectivity index (χ1v) is 10.2. The molecule has 32 heavy (non-hydrogen) atoms. The van der Waals surface area contributed by atoms with Gasteiger partial charge in [0, 0.05) is 19.2 Å². The number of carbonyl (C=O) groups excluding carboxylic acids is 2. The van der Waals surface area contributed by atoms with Crippen molar-refractivity contribution in [1.29, 1.82) is 0 Å². The zero-order valence-electron chi connectivity index (χ0n) is 18.5. The minimum absolute atomic E-state index is 0.0347. The number of nitrogens with zero attached hydrogens (tertiary/aromatic N) is 1. The summed E-state index contributed by atoms with van der Waals surface area (Å²) < 4.78 is 15.8.